The van der Waals surface area contributed by atoms with Crippen LogP contribution in [0.15, 0.2) is 54.6 Å². The lowest BCUT2D eigenvalue weighted by Crippen LogP contribution is -2.38. The van der Waals surface area contributed by atoms with Crippen molar-refractivity contribution in [1.29, 1.82) is 0 Å². The number of amides is 1. The molecule has 1 saturated heterocycles. The van der Waals surface area contributed by atoms with Crippen LogP contribution in [0.25, 0.3) is 0 Å². The Hall–Kier alpha value is -2.87. The smallest absolute Gasteiger partial charge is 0.338 e. The van der Waals surface area contributed by atoms with Gasteiger partial charge in [-0.25, -0.2) is 13.2 Å². The third-order valence-corrected chi connectivity index (χ3v) is 6.02. The van der Waals surface area contributed by atoms with Gasteiger partial charge in [-0.3, -0.25) is 4.79 Å². The quantitative estimate of drug-likeness (QED) is 0.707. The summed E-state index contributed by atoms with van der Waals surface area (Å²) in [7, 11) is -3.08. The Morgan fingerprint density at radius 1 is 1.07 bits per heavy atom. The molecule has 7 nitrogen and oxygen atoms in total. The Labute approximate surface area is 163 Å². The number of ether oxygens (including phenoxy) is 2. The summed E-state index contributed by atoms with van der Waals surface area (Å²) in [5.74, 6) is -0.675. The highest BCUT2D eigenvalue weighted by Crippen LogP contribution is 2.16. The minimum absolute atomic E-state index is 0.0630. The normalized spacial score (nSPS) is 17.6. The first-order chi connectivity index (χ1) is 13.4. The summed E-state index contributed by atoms with van der Waals surface area (Å²) in [4.78, 5) is 24.0. The second-order valence-corrected chi connectivity index (χ2v) is 8.77. The summed E-state index contributed by atoms with van der Waals surface area (Å²) >= 11 is 0. The summed E-state index contributed by atoms with van der Waals surface area (Å²) in [6.45, 7) is -0.101. The highest BCUT2D eigenvalue weighted by atomic mass is 32.2. The van der Waals surface area contributed by atoms with Crippen molar-refractivity contribution in [2.24, 2.45) is 0 Å². The average Bonchev–Trinajstić information content (AvgIpc) is 3.03. The molecule has 0 aliphatic carbocycles. The molecule has 1 heterocycles. The van der Waals surface area contributed by atoms with E-state index in [9.17, 15) is 18.0 Å². The van der Waals surface area contributed by atoms with Gasteiger partial charge in [0.1, 0.15) is 12.4 Å². The van der Waals surface area contributed by atoms with Crippen LogP contribution in [0.1, 0.15) is 22.3 Å². The van der Waals surface area contributed by atoms with Gasteiger partial charge in [0.05, 0.1) is 17.1 Å². The first kappa shape index (κ1) is 19.9. The van der Waals surface area contributed by atoms with Crippen LogP contribution in [0.2, 0.25) is 0 Å². The molecule has 1 N–H and O–H groups in total. The maximum atomic E-state index is 12.2. The number of sulfone groups is 1. The molecule has 0 radical (unpaired) electrons. The van der Waals surface area contributed by atoms with E-state index in [-0.39, 0.29) is 17.1 Å². The highest BCUT2D eigenvalue weighted by molar-refractivity contribution is 7.91. The van der Waals surface area contributed by atoms with Crippen molar-refractivity contribution >= 4 is 21.7 Å². The second kappa shape index (κ2) is 8.88. The van der Waals surface area contributed by atoms with Gasteiger partial charge in [0, 0.05) is 6.04 Å². The Bertz CT molecular complexity index is 942. The zero-order valence-corrected chi connectivity index (χ0v) is 16.0. The zero-order chi connectivity index (χ0) is 20.0. The van der Waals surface area contributed by atoms with Crippen molar-refractivity contribution in [2.75, 3.05) is 18.1 Å². The third-order valence-electron chi connectivity index (χ3n) is 4.25. The van der Waals surface area contributed by atoms with Gasteiger partial charge < -0.3 is 14.8 Å². The summed E-state index contributed by atoms with van der Waals surface area (Å²) < 4.78 is 33.5. The molecule has 3 rings (SSSR count). The molecule has 0 spiro atoms. The fourth-order valence-electron chi connectivity index (χ4n) is 2.85. The fourth-order valence-corrected chi connectivity index (χ4v) is 4.52. The van der Waals surface area contributed by atoms with Crippen molar-refractivity contribution in [3.8, 4) is 5.75 Å². The second-order valence-electron chi connectivity index (χ2n) is 6.55. The van der Waals surface area contributed by atoms with Crippen LogP contribution < -0.4 is 10.1 Å². The third kappa shape index (κ3) is 5.82. The molecular weight excluding hydrogens is 382 g/mol. The number of carbonyl (C=O) groups is 2. The van der Waals surface area contributed by atoms with Gasteiger partial charge in [0.15, 0.2) is 16.4 Å². The minimum Gasteiger partial charge on any atom is -0.489 e. The van der Waals surface area contributed by atoms with Gasteiger partial charge in [-0.1, -0.05) is 36.4 Å². The van der Waals surface area contributed by atoms with E-state index in [1.165, 1.54) is 0 Å². The van der Waals surface area contributed by atoms with Gasteiger partial charge in [-0.2, -0.15) is 0 Å². The number of esters is 1. The molecule has 28 heavy (non-hydrogen) atoms. The molecule has 1 unspecified atom stereocenters. The summed E-state index contributed by atoms with van der Waals surface area (Å²) in [5, 5.41) is 2.57. The van der Waals surface area contributed by atoms with E-state index in [1.54, 1.807) is 24.3 Å². The van der Waals surface area contributed by atoms with E-state index in [0.717, 1.165) is 5.56 Å². The number of benzene rings is 2. The summed E-state index contributed by atoms with van der Waals surface area (Å²) in [6, 6.07) is 15.7. The average molecular weight is 403 g/mol. The Morgan fingerprint density at radius 3 is 2.57 bits per heavy atom. The molecule has 1 aliphatic heterocycles. The van der Waals surface area contributed by atoms with Crippen LogP contribution in [0, 0.1) is 0 Å². The van der Waals surface area contributed by atoms with Crippen molar-refractivity contribution in [1.82, 2.24) is 5.32 Å². The lowest BCUT2D eigenvalue weighted by atomic mass is 10.2. The molecule has 1 atom stereocenters. The fraction of sp³-hybridized carbons (Fsp3) is 0.300. The van der Waals surface area contributed by atoms with Gasteiger partial charge in [0.2, 0.25) is 0 Å². The van der Waals surface area contributed by atoms with Crippen molar-refractivity contribution < 1.29 is 27.5 Å². The van der Waals surface area contributed by atoms with Gasteiger partial charge in [0.25, 0.3) is 5.91 Å². The molecule has 2 aromatic carbocycles. The number of carbonyl (C=O) groups excluding carboxylic acids is 2. The molecular formula is C20H21NO6S. The SMILES string of the molecule is O=C(COC(=O)c1cccc(OCc2ccccc2)c1)NC1CCS(=O)(=O)C1. The first-order valence-electron chi connectivity index (χ1n) is 8.85. The zero-order valence-electron chi connectivity index (χ0n) is 15.2. The van der Waals surface area contributed by atoms with Crippen LogP contribution in [-0.2, 0) is 26.0 Å². The molecule has 1 aliphatic rings. The summed E-state index contributed by atoms with van der Waals surface area (Å²) in [6.07, 6.45) is 0.378. The van der Waals surface area contributed by atoms with Gasteiger partial charge in [-0.05, 0) is 30.2 Å². The predicted octanol–water partition coefficient (Wildman–Crippen LogP) is 1.73. The van der Waals surface area contributed by atoms with E-state index in [4.69, 9.17) is 9.47 Å². The molecule has 8 heteroatoms. The van der Waals surface area contributed by atoms with Crippen LogP contribution in [-0.4, -0.2) is 44.4 Å². The Kier molecular flexibility index (Phi) is 6.30. The molecule has 148 valence electrons. The van der Waals surface area contributed by atoms with E-state index in [0.29, 0.717) is 18.8 Å². The van der Waals surface area contributed by atoms with Crippen LogP contribution in [0.3, 0.4) is 0 Å². The molecule has 2 aromatic rings. The minimum atomic E-state index is -3.08. The lowest BCUT2D eigenvalue weighted by molar-refractivity contribution is -0.124. The van der Waals surface area contributed by atoms with Crippen molar-refractivity contribution in [3.63, 3.8) is 0 Å². The van der Waals surface area contributed by atoms with Crippen LogP contribution in [0.5, 0.6) is 5.75 Å². The van der Waals surface area contributed by atoms with Gasteiger partial charge >= 0.3 is 5.97 Å². The van der Waals surface area contributed by atoms with Crippen molar-refractivity contribution in [3.05, 3.63) is 65.7 Å². The van der Waals surface area contributed by atoms with Crippen LogP contribution in [0.4, 0.5) is 0 Å². The predicted molar refractivity (Wildman–Crippen MR) is 103 cm³/mol. The van der Waals surface area contributed by atoms with E-state index >= 15 is 0 Å². The summed E-state index contributed by atoms with van der Waals surface area (Å²) in [5.41, 5.74) is 1.27. The molecule has 1 amide bonds. The maximum absolute atomic E-state index is 12.2. The Balaban J connectivity index is 1.48. The van der Waals surface area contributed by atoms with Crippen LogP contribution >= 0.6 is 0 Å². The largest absolute Gasteiger partial charge is 0.489 e. The maximum Gasteiger partial charge on any atom is 0.338 e. The number of hydrogen-bond donors (Lipinski definition) is 1. The topological polar surface area (TPSA) is 98.8 Å². The number of rotatable bonds is 7. The Morgan fingerprint density at radius 2 is 1.86 bits per heavy atom. The molecule has 0 saturated carbocycles. The molecule has 0 bridgehead atoms. The molecule has 0 aromatic heterocycles. The number of nitrogens with one attached hydrogen (secondary N) is 1. The van der Waals surface area contributed by atoms with E-state index in [1.807, 2.05) is 30.3 Å². The number of hydrogen-bond acceptors (Lipinski definition) is 6. The van der Waals surface area contributed by atoms with E-state index < -0.39 is 34.4 Å². The lowest BCUT2D eigenvalue weighted by Gasteiger charge is -2.11. The standard InChI is InChI=1S/C20H21NO6S/c22-19(21-17-9-10-28(24,25)14-17)13-27-20(23)16-7-4-8-18(11-16)26-12-15-5-2-1-3-6-15/h1-8,11,17H,9-10,12-14H2,(H,21,22). The van der Waals surface area contributed by atoms with Gasteiger partial charge in [-0.15, -0.1) is 0 Å². The monoisotopic (exact) mass is 403 g/mol. The molecule has 1 fully saturated rings. The van der Waals surface area contributed by atoms with E-state index in [2.05, 4.69) is 5.32 Å². The first-order valence-corrected chi connectivity index (χ1v) is 10.7. The van der Waals surface area contributed by atoms with Crippen molar-refractivity contribution in [2.45, 2.75) is 19.1 Å². The highest BCUT2D eigenvalue weighted by Gasteiger charge is 2.29.